The van der Waals surface area contributed by atoms with Crippen LogP contribution in [-0.4, -0.2) is 25.0 Å². The Labute approximate surface area is 115 Å². The number of hydrogen-bond donors (Lipinski definition) is 2. The first kappa shape index (κ1) is 14.1. The lowest BCUT2D eigenvalue weighted by Gasteiger charge is -2.10. The summed E-state index contributed by atoms with van der Waals surface area (Å²) in [4.78, 5) is 11.7. The average molecular weight is 260 g/mol. The third-order valence-corrected chi connectivity index (χ3v) is 3.74. The van der Waals surface area contributed by atoms with Crippen LogP contribution in [-0.2, 0) is 11.2 Å². The van der Waals surface area contributed by atoms with Gasteiger partial charge in [0.25, 0.3) is 0 Å². The van der Waals surface area contributed by atoms with E-state index in [4.69, 9.17) is 0 Å². The van der Waals surface area contributed by atoms with E-state index in [9.17, 15) is 4.79 Å². The minimum atomic E-state index is 0.165. The zero-order valence-electron chi connectivity index (χ0n) is 11.7. The number of benzene rings is 1. The highest BCUT2D eigenvalue weighted by Crippen LogP contribution is 2.08. The normalized spacial score (nSPS) is 18.5. The lowest BCUT2D eigenvalue weighted by molar-refractivity contribution is -0.121. The van der Waals surface area contributed by atoms with E-state index >= 15 is 0 Å². The molecule has 1 aromatic carbocycles. The van der Waals surface area contributed by atoms with Gasteiger partial charge < -0.3 is 10.6 Å². The number of amides is 1. The van der Waals surface area contributed by atoms with Crippen LogP contribution in [0.5, 0.6) is 0 Å². The van der Waals surface area contributed by atoms with Gasteiger partial charge in [-0.2, -0.15) is 0 Å². The van der Waals surface area contributed by atoms with Gasteiger partial charge in [0.05, 0.1) is 0 Å². The topological polar surface area (TPSA) is 41.1 Å². The van der Waals surface area contributed by atoms with Crippen molar-refractivity contribution in [3.63, 3.8) is 0 Å². The summed E-state index contributed by atoms with van der Waals surface area (Å²) in [7, 11) is 0. The van der Waals surface area contributed by atoms with E-state index in [2.05, 4.69) is 41.8 Å². The molecule has 2 N–H and O–H groups in total. The number of rotatable bonds is 6. The molecule has 0 saturated carbocycles. The molecule has 1 heterocycles. The zero-order chi connectivity index (χ0) is 13.5. The first-order chi connectivity index (χ1) is 9.24. The van der Waals surface area contributed by atoms with Crippen molar-refractivity contribution in [3.05, 3.63) is 35.4 Å². The standard InChI is InChI=1S/C16H24N2O/c1-13-4-6-14(7-5-13)8-9-16(19)18-12-10-15-3-2-11-17-15/h4-7,15,17H,2-3,8-12H2,1H3,(H,18,19)/t15-/m1/s1. The molecule has 104 valence electrons. The van der Waals surface area contributed by atoms with Crippen LogP contribution < -0.4 is 10.6 Å². The molecular formula is C16H24N2O. The van der Waals surface area contributed by atoms with Crippen LogP contribution in [0, 0.1) is 6.92 Å². The van der Waals surface area contributed by atoms with E-state index in [-0.39, 0.29) is 5.91 Å². The molecule has 2 rings (SSSR count). The molecule has 1 atom stereocenters. The SMILES string of the molecule is Cc1ccc(CCC(=O)NCC[C@H]2CCCN2)cc1. The Bertz CT molecular complexity index is 394. The van der Waals surface area contributed by atoms with Crippen molar-refractivity contribution < 1.29 is 4.79 Å². The van der Waals surface area contributed by atoms with Gasteiger partial charge in [-0.1, -0.05) is 29.8 Å². The fourth-order valence-corrected chi connectivity index (χ4v) is 2.49. The molecule has 19 heavy (non-hydrogen) atoms. The minimum absolute atomic E-state index is 0.165. The van der Waals surface area contributed by atoms with Crippen molar-refractivity contribution in [1.29, 1.82) is 0 Å². The van der Waals surface area contributed by atoms with Gasteiger partial charge >= 0.3 is 0 Å². The molecule has 3 nitrogen and oxygen atoms in total. The molecule has 1 aliphatic heterocycles. The Hall–Kier alpha value is -1.35. The quantitative estimate of drug-likeness (QED) is 0.823. The van der Waals surface area contributed by atoms with E-state index in [1.54, 1.807) is 0 Å². The van der Waals surface area contributed by atoms with E-state index in [1.165, 1.54) is 24.0 Å². The average Bonchev–Trinajstić information content (AvgIpc) is 2.91. The highest BCUT2D eigenvalue weighted by Gasteiger charge is 2.13. The summed E-state index contributed by atoms with van der Waals surface area (Å²) in [6.45, 7) is 4.00. The first-order valence-corrected chi connectivity index (χ1v) is 7.29. The van der Waals surface area contributed by atoms with Gasteiger partial charge in [0.2, 0.25) is 5.91 Å². The second-order valence-electron chi connectivity index (χ2n) is 5.42. The zero-order valence-corrected chi connectivity index (χ0v) is 11.7. The van der Waals surface area contributed by atoms with Crippen molar-refractivity contribution in [2.75, 3.05) is 13.1 Å². The molecular weight excluding hydrogens is 236 g/mol. The van der Waals surface area contributed by atoms with Crippen LogP contribution in [0.3, 0.4) is 0 Å². The van der Waals surface area contributed by atoms with Crippen LogP contribution >= 0.6 is 0 Å². The molecule has 1 fully saturated rings. The Balaban J connectivity index is 1.60. The lowest BCUT2D eigenvalue weighted by atomic mass is 10.1. The molecule has 3 heteroatoms. The van der Waals surface area contributed by atoms with Crippen LogP contribution in [0.15, 0.2) is 24.3 Å². The molecule has 0 spiro atoms. The molecule has 1 aromatic rings. The molecule has 1 aliphatic rings. The molecule has 0 bridgehead atoms. The highest BCUT2D eigenvalue weighted by atomic mass is 16.1. The monoisotopic (exact) mass is 260 g/mol. The van der Waals surface area contributed by atoms with Gasteiger partial charge in [-0.05, 0) is 44.7 Å². The fourth-order valence-electron chi connectivity index (χ4n) is 2.49. The van der Waals surface area contributed by atoms with Crippen molar-refractivity contribution in [3.8, 4) is 0 Å². The summed E-state index contributed by atoms with van der Waals surface area (Å²) in [5.41, 5.74) is 2.50. The fraction of sp³-hybridized carbons (Fsp3) is 0.562. The minimum Gasteiger partial charge on any atom is -0.356 e. The van der Waals surface area contributed by atoms with E-state index < -0.39 is 0 Å². The van der Waals surface area contributed by atoms with Gasteiger partial charge in [0.15, 0.2) is 0 Å². The summed E-state index contributed by atoms with van der Waals surface area (Å²) in [6.07, 6.45) is 4.98. The van der Waals surface area contributed by atoms with Gasteiger partial charge in [-0.25, -0.2) is 0 Å². The highest BCUT2D eigenvalue weighted by molar-refractivity contribution is 5.76. The molecule has 1 saturated heterocycles. The molecule has 0 aliphatic carbocycles. The maximum atomic E-state index is 11.7. The summed E-state index contributed by atoms with van der Waals surface area (Å²) in [5.74, 6) is 0.165. The summed E-state index contributed by atoms with van der Waals surface area (Å²) >= 11 is 0. The third-order valence-electron chi connectivity index (χ3n) is 3.74. The smallest absolute Gasteiger partial charge is 0.220 e. The Morgan fingerprint density at radius 2 is 2.16 bits per heavy atom. The molecule has 0 aromatic heterocycles. The van der Waals surface area contributed by atoms with Gasteiger partial charge in [-0.3, -0.25) is 4.79 Å². The van der Waals surface area contributed by atoms with Crippen molar-refractivity contribution in [2.24, 2.45) is 0 Å². The maximum absolute atomic E-state index is 11.7. The van der Waals surface area contributed by atoms with E-state index in [0.717, 1.165) is 25.9 Å². The number of carbonyl (C=O) groups excluding carboxylic acids is 1. The van der Waals surface area contributed by atoms with Gasteiger partial charge in [0.1, 0.15) is 0 Å². The molecule has 0 radical (unpaired) electrons. The van der Waals surface area contributed by atoms with Crippen LogP contribution in [0.1, 0.15) is 36.8 Å². The number of aryl methyl sites for hydroxylation is 2. The first-order valence-electron chi connectivity index (χ1n) is 7.29. The van der Waals surface area contributed by atoms with Crippen LogP contribution in [0.4, 0.5) is 0 Å². The number of hydrogen-bond acceptors (Lipinski definition) is 2. The predicted molar refractivity (Wildman–Crippen MR) is 78.2 cm³/mol. The Kier molecular flexibility index (Phi) is 5.40. The van der Waals surface area contributed by atoms with Gasteiger partial charge in [-0.15, -0.1) is 0 Å². The molecule has 1 amide bonds. The summed E-state index contributed by atoms with van der Waals surface area (Å²) < 4.78 is 0. The predicted octanol–water partition coefficient (Wildman–Crippen LogP) is 2.19. The molecule has 0 unspecified atom stereocenters. The van der Waals surface area contributed by atoms with Crippen LogP contribution in [0.2, 0.25) is 0 Å². The largest absolute Gasteiger partial charge is 0.356 e. The maximum Gasteiger partial charge on any atom is 0.220 e. The van der Waals surface area contributed by atoms with Crippen molar-refractivity contribution in [1.82, 2.24) is 10.6 Å². The Morgan fingerprint density at radius 3 is 2.84 bits per heavy atom. The van der Waals surface area contributed by atoms with Crippen molar-refractivity contribution >= 4 is 5.91 Å². The van der Waals surface area contributed by atoms with Crippen molar-refractivity contribution in [2.45, 2.75) is 45.1 Å². The number of nitrogens with one attached hydrogen (secondary N) is 2. The summed E-state index contributed by atoms with van der Waals surface area (Å²) in [6, 6.07) is 9.01. The van der Waals surface area contributed by atoms with E-state index in [0.29, 0.717) is 12.5 Å². The second kappa shape index (κ2) is 7.29. The van der Waals surface area contributed by atoms with E-state index in [1.807, 2.05) is 0 Å². The lowest BCUT2D eigenvalue weighted by Crippen LogP contribution is -2.30. The summed E-state index contributed by atoms with van der Waals surface area (Å²) in [5, 5.41) is 6.45. The van der Waals surface area contributed by atoms with Gasteiger partial charge in [0, 0.05) is 19.0 Å². The third kappa shape index (κ3) is 5.03. The second-order valence-corrected chi connectivity index (χ2v) is 5.42. The Morgan fingerprint density at radius 1 is 1.37 bits per heavy atom. The number of carbonyl (C=O) groups is 1. The van der Waals surface area contributed by atoms with Crippen LogP contribution in [0.25, 0.3) is 0 Å².